The molecule has 17 heavy (non-hydrogen) atoms. The Bertz CT molecular complexity index is 418. The van der Waals surface area contributed by atoms with E-state index in [4.69, 9.17) is 9.84 Å². The molecule has 7 heteroatoms. The first-order valence-electron chi connectivity index (χ1n) is 4.74. The normalized spacial score (nSPS) is 11.5. The average Bonchev–Trinajstić information content (AvgIpc) is 2.24. The van der Waals surface area contributed by atoms with E-state index in [1.165, 1.54) is 0 Å². The second kappa shape index (κ2) is 5.13. The molecule has 94 valence electrons. The van der Waals surface area contributed by atoms with Crippen LogP contribution in [0.3, 0.4) is 0 Å². The third-order valence-corrected chi connectivity index (χ3v) is 1.94. The highest BCUT2D eigenvalue weighted by atomic mass is 19.4. The van der Waals surface area contributed by atoms with E-state index in [0.29, 0.717) is 6.07 Å². The minimum absolute atomic E-state index is 0.228. The van der Waals surface area contributed by atoms with E-state index in [1.807, 2.05) is 0 Å². The van der Waals surface area contributed by atoms with Gasteiger partial charge in [-0.2, -0.15) is 13.2 Å². The van der Waals surface area contributed by atoms with E-state index in [2.05, 4.69) is 4.98 Å². The molecule has 0 atom stereocenters. The molecule has 0 aromatic carbocycles. The molecule has 0 aliphatic carbocycles. The fourth-order valence-electron chi connectivity index (χ4n) is 1.16. The zero-order valence-electron chi connectivity index (χ0n) is 8.91. The van der Waals surface area contributed by atoms with Crippen molar-refractivity contribution in [2.75, 3.05) is 6.61 Å². The summed E-state index contributed by atoms with van der Waals surface area (Å²) in [5.74, 6) is -1.33. The van der Waals surface area contributed by atoms with Crippen molar-refractivity contribution in [1.29, 1.82) is 0 Å². The molecule has 1 rings (SSSR count). The van der Waals surface area contributed by atoms with Gasteiger partial charge in [0, 0.05) is 6.61 Å². The van der Waals surface area contributed by atoms with Crippen LogP contribution in [0.4, 0.5) is 13.2 Å². The monoisotopic (exact) mass is 249 g/mol. The molecule has 0 saturated carbocycles. The first-order valence-corrected chi connectivity index (χ1v) is 4.74. The predicted octanol–water partition coefficient (Wildman–Crippen LogP) is 2.34. The summed E-state index contributed by atoms with van der Waals surface area (Å²) < 4.78 is 42.0. The van der Waals surface area contributed by atoms with E-state index in [-0.39, 0.29) is 24.5 Å². The van der Waals surface area contributed by atoms with E-state index < -0.39 is 17.8 Å². The molecule has 0 fully saturated rings. The number of carboxylic acids is 1. The van der Waals surface area contributed by atoms with Crippen LogP contribution >= 0.6 is 0 Å². The molecule has 1 aromatic heterocycles. The Morgan fingerprint density at radius 2 is 2.12 bits per heavy atom. The smallest absolute Gasteiger partial charge is 0.433 e. The van der Waals surface area contributed by atoms with Crippen molar-refractivity contribution in [3.05, 3.63) is 29.1 Å². The third kappa shape index (κ3) is 3.42. The average molecular weight is 249 g/mol. The van der Waals surface area contributed by atoms with Gasteiger partial charge in [0.15, 0.2) is 0 Å². The van der Waals surface area contributed by atoms with Gasteiger partial charge in [0.1, 0.15) is 5.69 Å². The second-order valence-corrected chi connectivity index (χ2v) is 3.13. The van der Waals surface area contributed by atoms with Crippen molar-refractivity contribution in [3.63, 3.8) is 0 Å². The molecule has 1 aromatic rings. The Kier molecular flexibility index (Phi) is 4.06. The van der Waals surface area contributed by atoms with Gasteiger partial charge in [-0.15, -0.1) is 0 Å². The van der Waals surface area contributed by atoms with Gasteiger partial charge in [-0.25, -0.2) is 9.78 Å². The summed E-state index contributed by atoms with van der Waals surface area (Å²) in [4.78, 5) is 14.0. The number of aromatic nitrogens is 1. The number of hydrogen-bond acceptors (Lipinski definition) is 3. The molecule has 0 aliphatic rings. The lowest BCUT2D eigenvalue weighted by Gasteiger charge is -2.10. The maximum Gasteiger partial charge on any atom is 0.433 e. The Hall–Kier alpha value is -1.63. The second-order valence-electron chi connectivity index (χ2n) is 3.13. The first-order chi connectivity index (χ1) is 7.86. The van der Waals surface area contributed by atoms with Crippen LogP contribution in [0.2, 0.25) is 0 Å². The van der Waals surface area contributed by atoms with Crippen molar-refractivity contribution in [1.82, 2.24) is 4.98 Å². The van der Waals surface area contributed by atoms with Crippen LogP contribution in [0.25, 0.3) is 0 Å². The molecule has 0 bridgehead atoms. The number of halogens is 3. The number of alkyl halides is 3. The van der Waals surface area contributed by atoms with Crippen LogP contribution in [0.15, 0.2) is 12.1 Å². The quantitative estimate of drug-likeness (QED) is 0.889. The molecular weight excluding hydrogens is 239 g/mol. The number of carboxylic acid groups (broad SMARTS) is 1. The lowest BCUT2D eigenvalue weighted by atomic mass is 10.1. The van der Waals surface area contributed by atoms with Gasteiger partial charge in [0.05, 0.1) is 17.9 Å². The van der Waals surface area contributed by atoms with Crippen molar-refractivity contribution < 1.29 is 27.8 Å². The Balaban J connectivity index is 3.14. The summed E-state index contributed by atoms with van der Waals surface area (Å²) in [5, 5.41) is 8.78. The number of pyridine rings is 1. The zero-order chi connectivity index (χ0) is 13.1. The summed E-state index contributed by atoms with van der Waals surface area (Å²) in [6, 6.07) is 1.52. The minimum atomic E-state index is -4.60. The molecule has 0 spiro atoms. The van der Waals surface area contributed by atoms with Gasteiger partial charge < -0.3 is 9.84 Å². The Labute approximate surface area is 95.0 Å². The maximum atomic E-state index is 12.4. The number of carbonyl (C=O) groups is 1. The van der Waals surface area contributed by atoms with Gasteiger partial charge >= 0.3 is 12.1 Å². The summed E-state index contributed by atoms with van der Waals surface area (Å²) in [6.07, 6.45) is -4.60. The largest absolute Gasteiger partial charge is 0.478 e. The number of rotatable bonds is 4. The van der Waals surface area contributed by atoms with Crippen molar-refractivity contribution in [2.45, 2.75) is 19.7 Å². The molecule has 0 radical (unpaired) electrons. The van der Waals surface area contributed by atoms with E-state index >= 15 is 0 Å². The molecule has 0 saturated heterocycles. The van der Waals surface area contributed by atoms with Gasteiger partial charge in [-0.3, -0.25) is 0 Å². The number of hydrogen-bond donors (Lipinski definition) is 1. The van der Waals surface area contributed by atoms with Gasteiger partial charge in [0.25, 0.3) is 0 Å². The Morgan fingerprint density at radius 3 is 2.59 bits per heavy atom. The fraction of sp³-hybridized carbons (Fsp3) is 0.400. The van der Waals surface area contributed by atoms with Crippen molar-refractivity contribution in [3.8, 4) is 0 Å². The maximum absolute atomic E-state index is 12.4. The fourth-order valence-corrected chi connectivity index (χ4v) is 1.16. The Morgan fingerprint density at radius 1 is 1.47 bits per heavy atom. The number of aromatic carboxylic acids is 1. The molecule has 0 unspecified atom stereocenters. The summed E-state index contributed by atoms with van der Waals surface area (Å²) in [6.45, 7) is 1.65. The molecule has 4 nitrogen and oxygen atoms in total. The minimum Gasteiger partial charge on any atom is -0.478 e. The standard InChI is InChI=1S/C10H10F3NO3/c1-2-17-5-7-6(9(15)16)3-4-8(14-7)10(11,12)13/h3-4H,2,5H2,1H3,(H,15,16). The summed E-state index contributed by atoms with van der Waals surface area (Å²) >= 11 is 0. The molecule has 1 N–H and O–H groups in total. The van der Waals surface area contributed by atoms with Crippen LogP contribution in [-0.2, 0) is 17.5 Å². The third-order valence-electron chi connectivity index (χ3n) is 1.94. The van der Waals surface area contributed by atoms with Crippen molar-refractivity contribution in [2.24, 2.45) is 0 Å². The van der Waals surface area contributed by atoms with Crippen LogP contribution in [-0.4, -0.2) is 22.7 Å². The van der Waals surface area contributed by atoms with E-state index in [9.17, 15) is 18.0 Å². The lowest BCUT2D eigenvalue weighted by molar-refractivity contribution is -0.141. The van der Waals surface area contributed by atoms with Gasteiger partial charge in [-0.05, 0) is 19.1 Å². The van der Waals surface area contributed by atoms with Crippen molar-refractivity contribution >= 4 is 5.97 Å². The molecule has 0 amide bonds. The van der Waals surface area contributed by atoms with Crippen LogP contribution in [0.5, 0.6) is 0 Å². The first kappa shape index (κ1) is 13.4. The molecular formula is C10H10F3NO3. The highest BCUT2D eigenvalue weighted by Crippen LogP contribution is 2.28. The van der Waals surface area contributed by atoms with E-state index in [1.54, 1.807) is 6.92 Å². The highest BCUT2D eigenvalue weighted by Gasteiger charge is 2.33. The number of nitrogens with zero attached hydrogens (tertiary/aromatic N) is 1. The molecule has 1 heterocycles. The molecule has 0 aliphatic heterocycles. The van der Waals surface area contributed by atoms with Crippen LogP contribution in [0.1, 0.15) is 28.7 Å². The predicted molar refractivity (Wildman–Crippen MR) is 51.5 cm³/mol. The summed E-state index contributed by atoms with van der Waals surface area (Å²) in [5.41, 5.74) is -1.64. The topological polar surface area (TPSA) is 59.4 Å². The lowest BCUT2D eigenvalue weighted by Crippen LogP contribution is -2.14. The zero-order valence-corrected chi connectivity index (χ0v) is 8.91. The number of ether oxygens (including phenoxy) is 1. The highest BCUT2D eigenvalue weighted by molar-refractivity contribution is 5.88. The van der Waals surface area contributed by atoms with Crippen LogP contribution in [0, 0.1) is 0 Å². The summed E-state index contributed by atoms with van der Waals surface area (Å²) in [7, 11) is 0. The van der Waals surface area contributed by atoms with Crippen LogP contribution < -0.4 is 0 Å². The van der Waals surface area contributed by atoms with E-state index in [0.717, 1.165) is 6.07 Å². The van der Waals surface area contributed by atoms with Gasteiger partial charge in [-0.1, -0.05) is 0 Å². The SMILES string of the molecule is CCOCc1nc(C(F)(F)F)ccc1C(=O)O. The van der Waals surface area contributed by atoms with Gasteiger partial charge in [0.2, 0.25) is 0 Å².